The van der Waals surface area contributed by atoms with Crippen molar-refractivity contribution in [3.63, 3.8) is 0 Å². The van der Waals surface area contributed by atoms with E-state index < -0.39 is 0 Å². The summed E-state index contributed by atoms with van der Waals surface area (Å²) in [4.78, 5) is 29.3. The van der Waals surface area contributed by atoms with Gasteiger partial charge in [0.25, 0.3) is 0 Å². The number of aromatic nitrogens is 2. The van der Waals surface area contributed by atoms with E-state index in [4.69, 9.17) is 11.6 Å². The molecule has 1 aromatic carbocycles. The van der Waals surface area contributed by atoms with E-state index in [1.807, 2.05) is 29.2 Å². The molecule has 0 aliphatic carbocycles. The number of benzene rings is 1. The Morgan fingerprint density at radius 3 is 2.72 bits per heavy atom. The maximum absolute atomic E-state index is 12.5. The van der Waals surface area contributed by atoms with E-state index in [1.54, 1.807) is 33.9 Å². The fourth-order valence-electron chi connectivity index (χ4n) is 3.11. The second kappa shape index (κ2) is 9.00. The Morgan fingerprint density at radius 2 is 2.00 bits per heavy atom. The van der Waals surface area contributed by atoms with Crippen LogP contribution in [0.15, 0.2) is 35.9 Å². The average molecular weight is 448 g/mol. The standard InChI is InChI=1S/C19H18ClN5O2S2/c20-18-13-3-1-2-4-14(13)29-15(18)5-6-17(27)25-9-7-24(8-10-25)11-16(26)22-19-23-21-12-28-19/h1-6,12H,7-11H2,(H,22,23,26). The van der Waals surface area contributed by atoms with Gasteiger partial charge in [-0.1, -0.05) is 41.1 Å². The SMILES string of the molecule is O=C(CN1CCN(C(=O)C=Cc2sc3ccccc3c2Cl)CC1)Nc1nncs1. The van der Waals surface area contributed by atoms with Crippen LogP contribution in [0.2, 0.25) is 5.02 Å². The van der Waals surface area contributed by atoms with Crippen molar-refractivity contribution in [3.8, 4) is 0 Å². The molecule has 0 atom stereocenters. The Morgan fingerprint density at radius 1 is 1.21 bits per heavy atom. The first-order valence-corrected chi connectivity index (χ1v) is 11.1. The third-order valence-corrected chi connectivity index (χ3v) is 6.86. The van der Waals surface area contributed by atoms with Gasteiger partial charge in [-0.2, -0.15) is 0 Å². The van der Waals surface area contributed by atoms with E-state index in [0.717, 1.165) is 15.0 Å². The maximum atomic E-state index is 12.5. The Bertz CT molecular complexity index is 1040. The summed E-state index contributed by atoms with van der Waals surface area (Å²) in [6, 6.07) is 7.92. The number of rotatable bonds is 5. The van der Waals surface area contributed by atoms with Gasteiger partial charge in [-0.3, -0.25) is 19.8 Å². The minimum atomic E-state index is -0.124. The van der Waals surface area contributed by atoms with Crippen LogP contribution < -0.4 is 5.32 Å². The lowest BCUT2D eigenvalue weighted by Gasteiger charge is -2.33. The summed E-state index contributed by atoms with van der Waals surface area (Å²) >= 11 is 9.28. The molecule has 150 valence electrons. The van der Waals surface area contributed by atoms with Crippen molar-refractivity contribution in [2.45, 2.75) is 0 Å². The zero-order valence-corrected chi connectivity index (χ0v) is 17.8. The Labute approximate surface area is 180 Å². The fourth-order valence-corrected chi connectivity index (χ4v) is 4.97. The van der Waals surface area contributed by atoms with Crippen LogP contribution in [0.4, 0.5) is 5.13 Å². The first-order chi connectivity index (χ1) is 14.1. The zero-order valence-electron chi connectivity index (χ0n) is 15.4. The summed E-state index contributed by atoms with van der Waals surface area (Å²) in [6.45, 7) is 2.72. The lowest BCUT2D eigenvalue weighted by molar-refractivity contribution is -0.127. The molecular weight excluding hydrogens is 430 g/mol. The number of hydrogen-bond acceptors (Lipinski definition) is 7. The van der Waals surface area contributed by atoms with Crippen molar-refractivity contribution < 1.29 is 9.59 Å². The second-order valence-corrected chi connectivity index (χ2v) is 8.80. The van der Waals surface area contributed by atoms with Gasteiger partial charge in [-0.15, -0.1) is 21.5 Å². The molecule has 1 fully saturated rings. The van der Waals surface area contributed by atoms with Crippen LogP contribution in [-0.4, -0.2) is 64.5 Å². The number of nitrogens with zero attached hydrogens (tertiary/aromatic N) is 4. The average Bonchev–Trinajstić information content (AvgIpc) is 3.35. The van der Waals surface area contributed by atoms with Crippen molar-refractivity contribution in [1.82, 2.24) is 20.0 Å². The van der Waals surface area contributed by atoms with Gasteiger partial charge >= 0.3 is 0 Å². The first-order valence-electron chi connectivity index (χ1n) is 9.02. The minimum Gasteiger partial charge on any atom is -0.337 e. The van der Waals surface area contributed by atoms with Crippen LogP contribution in [0.3, 0.4) is 0 Å². The molecular formula is C19H18ClN5O2S2. The van der Waals surface area contributed by atoms with E-state index in [9.17, 15) is 9.59 Å². The molecule has 1 aliphatic heterocycles. The molecule has 0 saturated carbocycles. The maximum Gasteiger partial charge on any atom is 0.246 e. The Balaban J connectivity index is 1.29. The van der Waals surface area contributed by atoms with Gasteiger partial charge in [0.15, 0.2) is 0 Å². The van der Waals surface area contributed by atoms with E-state index >= 15 is 0 Å². The zero-order chi connectivity index (χ0) is 20.2. The summed E-state index contributed by atoms with van der Waals surface area (Å²) in [5, 5.41) is 12.4. The highest BCUT2D eigenvalue weighted by Crippen LogP contribution is 2.35. The number of carbonyl (C=O) groups excluding carboxylic acids is 2. The summed E-state index contributed by atoms with van der Waals surface area (Å²) in [6.07, 6.45) is 3.37. The second-order valence-electron chi connectivity index (χ2n) is 6.50. The van der Waals surface area contributed by atoms with Crippen molar-refractivity contribution in [1.29, 1.82) is 0 Å². The lowest BCUT2D eigenvalue weighted by Crippen LogP contribution is -2.50. The largest absolute Gasteiger partial charge is 0.337 e. The molecule has 0 bridgehead atoms. The summed E-state index contributed by atoms with van der Waals surface area (Å²) in [7, 11) is 0. The van der Waals surface area contributed by atoms with Crippen molar-refractivity contribution in [2.24, 2.45) is 0 Å². The topological polar surface area (TPSA) is 78.4 Å². The van der Waals surface area contributed by atoms with Crippen LogP contribution in [0.25, 0.3) is 16.2 Å². The molecule has 1 saturated heterocycles. The van der Waals surface area contributed by atoms with Gasteiger partial charge in [0, 0.05) is 47.2 Å². The third kappa shape index (κ3) is 4.81. The molecule has 1 aliphatic rings. The highest BCUT2D eigenvalue weighted by molar-refractivity contribution is 7.20. The number of carbonyl (C=O) groups is 2. The number of amides is 2. The van der Waals surface area contributed by atoms with Crippen LogP contribution in [0.5, 0.6) is 0 Å². The molecule has 2 amide bonds. The molecule has 0 unspecified atom stereocenters. The van der Waals surface area contributed by atoms with Crippen LogP contribution in [0, 0.1) is 0 Å². The van der Waals surface area contributed by atoms with E-state index in [2.05, 4.69) is 15.5 Å². The molecule has 4 rings (SSSR count). The lowest BCUT2D eigenvalue weighted by atomic mass is 10.2. The predicted molar refractivity (Wildman–Crippen MR) is 117 cm³/mol. The fraction of sp³-hybridized carbons (Fsp3) is 0.263. The molecule has 7 nitrogen and oxygen atoms in total. The van der Waals surface area contributed by atoms with Gasteiger partial charge in [-0.05, 0) is 12.1 Å². The van der Waals surface area contributed by atoms with Crippen LogP contribution >= 0.6 is 34.3 Å². The summed E-state index contributed by atoms with van der Waals surface area (Å²) in [5.41, 5.74) is 1.57. The number of nitrogens with one attached hydrogen (secondary N) is 1. The molecule has 0 spiro atoms. The van der Waals surface area contributed by atoms with Crippen molar-refractivity contribution in [2.75, 3.05) is 38.0 Å². The minimum absolute atomic E-state index is 0.0449. The molecule has 3 aromatic rings. The van der Waals surface area contributed by atoms with Gasteiger partial charge < -0.3 is 4.90 Å². The molecule has 10 heteroatoms. The van der Waals surface area contributed by atoms with Crippen molar-refractivity contribution in [3.05, 3.63) is 45.8 Å². The van der Waals surface area contributed by atoms with E-state index in [0.29, 0.717) is 36.3 Å². The molecule has 1 N–H and O–H groups in total. The third-order valence-electron chi connectivity index (χ3n) is 4.59. The van der Waals surface area contributed by atoms with E-state index in [1.165, 1.54) is 11.3 Å². The van der Waals surface area contributed by atoms with Gasteiger partial charge in [0.05, 0.1) is 11.6 Å². The normalized spacial score (nSPS) is 15.3. The van der Waals surface area contributed by atoms with E-state index in [-0.39, 0.29) is 18.4 Å². The molecule has 2 aromatic heterocycles. The molecule has 29 heavy (non-hydrogen) atoms. The van der Waals surface area contributed by atoms with Crippen LogP contribution in [-0.2, 0) is 9.59 Å². The van der Waals surface area contributed by atoms with Crippen molar-refractivity contribution >= 4 is 67.4 Å². The van der Waals surface area contributed by atoms with Crippen LogP contribution in [0.1, 0.15) is 4.88 Å². The number of piperazine rings is 1. The van der Waals surface area contributed by atoms with Gasteiger partial charge in [0.2, 0.25) is 16.9 Å². The number of hydrogen-bond donors (Lipinski definition) is 1. The summed E-state index contributed by atoms with van der Waals surface area (Å²) < 4.78 is 1.10. The number of anilines is 1. The number of thiophene rings is 1. The molecule has 3 heterocycles. The summed E-state index contributed by atoms with van der Waals surface area (Å²) in [5.74, 6) is -0.169. The predicted octanol–water partition coefficient (Wildman–Crippen LogP) is 3.20. The Kier molecular flexibility index (Phi) is 6.19. The number of fused-ring (bicyclic) bond motifs is 1. The highest BCUT2D eigenvalue weighted by atomic mass is 35.5. The Hall–Kier alpha value is -2.33. The number of halogens is 1. The van der Waals surface area contributed by atoms with Gasteiger partial charge in [-0.25, -0.2) is 0 Å². The monoisotopic (exact) mass is 447 g/mol. The first kappa shape index (κ1) is 20.0. The van der Waals surface area contributed by atoms with Gasteiger partial charge in [0.1, 0.15) is 5.51 Å². The highest BCUT2D eigenvalue weighted by Gasteiger charge is 2.21. The molecule has 0 radical (unpaired) electrons. The smallest absolute Gasteiger partial charge is 0.246 e. The quantitative estimate of drug-likeness (QED) is 0.607.